The van der Waals surface area contributed by atoms with Crippen molar-refractivity contribution in [2.24, 2.45) is 0 Å². The first-order valence-electron chi connectivity index (χ1n) is 9.28. The van der Waals surface area contributed by atoms with Crippen LogP contribution in [0.2, 0.25) is 5.02 Å². The average molecular weight is 441 g/mol. The van der Waals surface area contributed by atoms with Gasteiger partial charge in [0.25, 0.3) is 5.91 Å². The molecule has 1 aliphatic heterocycles. The second-order valence-corrected chi connectivity index (χ2v) is 8.13. The Labute approximate surface area is 181 Å². The Kier molecular flexibility index (Phi) is 4.56. The molecule has 0 saturated carbocycles. The van der Waals surface area contributed by atoms with Gasteiger partial charge in [0.1, 0.15) is 11.2 Å². The van der Waals surface area contributed by atoms with Crippen molar-refractivity contribution in [2.75, 3.05) is 19.0 Å². The van der Waals surface area contributed by atoms with Crippen molar-refractivity contribution >= 4 is 50.6 Å². The minimum absolute atomic E-state index is 0.00652. The predicted molar refractivity (Wildman–Crippen MR) is 117 cm³/mol. The number of hydrogen-bond donors (Lipinski definition) is 2. The molecule has 1 aromatic carbocycles. The Morgan fingerprint density at radius 1 is 1.37 bits per heavy atom. The van der Waals surface area contributed by atoms with Crippen LogP contribution in [0.3, 0.4) is 0 Å². The van der Waals surface area contributed by atoms with E-state index in [1.165, 1.54) is 11.5 Å². The van der Waals surface area contributed by atoms with E-state index in [2.05, 4.69) is 20.0 Å². The third kappa shape index (κ3) is 2.89. The number of rotatable bonds is 4. The number of nitrogens with zero attached hydrogens (tertiary/aromatic N) is 4. The number of aromatic nitrogens is 4. The fraction of sp³-hybridized carbons (Fsp3) is 0.200. The third-order valence-electron chi connectivity index (χ3n) is 5.04. The number of pyridine rings is 1. The number of ether oxygens (including phenoxy) is 1. The highest BCUT2D eigenvalue weighted by Crippen LogP contribution is 2.42. The van der Waals surface area contributed by atoms with Crippen LogP contribution >= 0.6 is 23.1 Å². The zero-order chi connectivity index (χ0) is 20.8. The lowest BCUT2D eigenvalue weighted by atomic mass is 10.1. The van der Waals surface area contributed by atoms with Gasteiger partial charge in [-0.2, -0.15) is 9.47 Å². The summed E-state index contributed by atoms with van der Waals surface area (Å²) >= 11 is 7.65. The predicted octanol–water partition coefficient (Wildman–Crippen LogP) is 4.26. The number of para-hydroxylation sites is 1. The van der Waals surface area contributed by atoms with E-state index in [-0.39, 0.29) is 11.9 Å². The number of nitrogens with one attached hydrogen (secondary N) is 2. The minimum Gasteiger partial charge on any atom is -0.493 e. The molecule has 0 radical (unpaired) electrons. The summed E-state index contributed by atoms with van der Waals surface area (Å²) in [4.78, 5) is 17.2. The van der Waals surface area contributed by atoms with Gasteiger partial charge in [0.15, 0.2) is 11.4 Å². The topological polar surface area (TPSA) is 94.0 Å². The average Bonchev–Trinajstić information content (AvgIpc) is 3.36. The van der Waals surface area contributed by atoms with Gasteiger partial charge in [-0.1, -0.05) is 17.7 Å². The smallest absolute Gasteiger partial charge is 0.271 e. The summed E-state index contributed by atoms with van der Waals surface area (Å²) in [7, 11) is 1.55. The van der Waals surface area contributed by atoms with Crippen LogP contribution in [0.4, 0.5) is 11.4 Å². The lowest BCUT2D eigenvalue weighted by Gasteiger charge is -2.22. The summed E-state index contributed by atoms with van der Waals surface area (Å²) in [5.74, 6) is 0.303. The number of carbonyl (C=O) groups excluding carboxylic acids is 1. The van der Waals surface area contributed by atoms with E-state index in [4.69, 9.17) is 21.4 Å². The van der Waals surface area contributed by atoms with Crippen molar-refractivity contribution < 1.29 is 9.53 Å². The lowest BCUT2D eigenvalue weighted by Crippen LogP contribution is -2.38. The molecule has 5 rings (SSSR count). The van der Waals surface area contributed by atoms with Crippen molar-refractivity contribution in [1.82, 2.24) is 24.5 Å². The number of amides is 1. The maximum atomic E-state index is 12.8. The van der Waals surface area contributed by atoms with E-state index >= 15 is 0 Å². The molecule has 8 nitrogen and oxygen atoms in total. The summed E-state index contributed by atoms with van der Waals surface area (Å²) in [5, 5.41) is 11.6. The summed E-state index contributed by atoms with van der Waals surface area (Å²) in [5.41, 5.74) is 3.97. The van der Waals surface area contributed by atoms with Gasteiger partial charge in [0.2, 0.25) is 0 Å². The quantitative estimate of drug-likeness (QED) is 0.492. The van der Waals surface area contributed by atoms with E-state index in [0.717, 1.165) is 15.8 Å². The third-order valence-corrected chi connectivity index (χ3v) is 6.16. The second kappa shape index (κ2) is 7.26. The zero-order valence-corrected chi connectivity index (χ0v) is 17.7. The molecule has 0 unspecified atom stereocenters. The molecule has 1 aliphatic rings. The van der Waals surface area contributed by atoms with Crippen LogP contribution in [0.1, 0.15) is 23.5 Å². The Hall–Kier alpha value is -3.17. The van der Waals surface area contributed by atoms with Crippen molar-refractivity contribution in [1.29, 1.82) is 0 Å². The standard InChI is InChI=1S/C20H17ClN6O2S/c1-10-8-23-20(28)17-16(25-13-5-3-4-12(21)18(13)29-2)15(26-27(10)17)11-6-7-22-14-9-24-30-19(11)14/h3-7,9-10,25H,8H2,1-2H3,(H,23,28)/t10-/m1/s1. The van der Waals surface area contributed by atoms with E-state index in [0.29, 0.717) is 40.1 Å². The highest BCUT2D eigenvalue weighted by atomic mass is 35.5. The molecule has 1 atom stereocenters. The molecule has 0 aliphatic carbocycles. The monoisotopic (exact) mass is 440 g/mol. The van der Waals surface area contributed by atoms with Crippen LogP contribution < -0.4 is 15.4 Å². The largest absolute Gasteiger partial charge is 0.493 e. The van der Waals surface area contributed by atoms with E-state index in [1.807, 2.05) is 25.1 Å². The lowest BCUT2D eigenvalue weighted by molar-refractivity contribution is 0.0914. The Morgan fingerprint density at radius 3 is 3.07 bits per heavy atom. The van der Waals surface area contributed by atoms with Gasteiger partial charge in [-0.3, -0.25) is 14.5 Å². The fourth-order valence-electron chi connectivity index (χ4n) is 3.61. The molecule has 3 aromatic heterocycles. The highest BCUT2D eigenvalue weighted by molar-refractivity contribution is 7.13. The zero-order valence-electron chi connectivity index (χ0n) is 16.1. The van der Waals surface area contributed by atoms with Crippen LogP contribution in [0.5, 0.6) is 5.75 Å². The molecule has 0 fully saturated rings. The molecule has 2 N–H and O–H groups in total. The van der Waals surface area contributed by atoms with Crippen LogP contribution in [0.15, 0.2) is 36.7 Å². The highest BCUT2D eigenvalue weighted by Gasteiger charge is 2.32. The van der Waals surface area contributed by atoms with Gasteiger partial charge in [0, 0.05) is 18.3 Å². The normalized spacial score (nSPS) is 15.7. The number of methoxy groups -OCH3 is 1. The van der Waals surface area contributed by atoms with Gasteiger partial charge in [-0.25, -0.2) is 0 Å². The van der Waals surface area contributed by atoms with E-state index in [9.17, 15) is 4.79 Å². The first-order valence-corrected chi connectivity index (χ1v) is 10.4. The summed E-state index contributed by atoms with van der Waals surface area (Å²) in [6.07, 6.45) is 3.44. The molecule has 10 heteroatoms. The maximum Gasteiger partial charge on any atom is 0.271 e. The second-order valence-electron chi connectivity index (χ2n) is 6.92. The molecule has 4 aromatic rings. The first kappa shape index (κ1) is 18.8. The Bertz CT molecular complexity index is 1280. The van der Waals surface area contributed by atoms with E-state index in [1.54, 1.807) is 30.3 Å². The number of fused-ring (bicyclic) bond motifs is 2. The van der Waals surface area contributed by atoms with Crippen LogP contribution in [0, 0.1) is 0 Å². The molecule has 30 heavy (non-hydrogen) atoms. The van der Waals surface area contributed by atoms with Crippen molar-refractivity contribution in [3.05, 3.63) is 47.4 Å². The molecule has 0 saturated heterocycles. The summed E-state index contributed by atoms with van der Waals surface area (Å²) in [6, 6.07) is 7.31. The molecular weight excluding hydrogens is 424 g/mol. The van der Waals surface area contributed by atoms with Gasteiger partial charge < -0.3 is 15.4 Å². The number of benzene rings is 1. The van der Waals surface area contributed by atoms with Gasteiger partial charge in [-0.15, -0.1) is 0 Å². The van der Waals surface area contributed by atoms with Gasteiger partial charge >= 0.3 is 0 Å². The minimum atomic E-state index is -0.190. The van der Waals surface area contributed by atoms with Gasteiger partial charge in [-0.05, 0) is 36.7 Å². The Balaban J connectivity index is 1.76. The number of carbonyl (C=O) groups is 1. The summed E-state index contributed by atoms with van der Waals surface area (Å²) < 4.78 is 12.4. The molecule has 0 bridgehead atoms. The fourth-order valence-corrected chi connectivity index (χ4v) is 4.58. The first-order chi connectivity index (χ1) is 14.6. The SMILES string of the molecule is COc1c(Cl)cccc1Nc1c(-c2ccnc3cnsc23)nn2c1C(=O)NC[C@H]2C. The number of halogens is 1. The maximum absolute atomic E-state index is 12.8. The van der Waals surface area contributed by atoms with Crippen molar-refractivity contribution in [3.8, 4) is 17.0 Å². The van der Waals surface area contributed by atoms with Crippen LogP contribution in [0.25, 0.3) is 21.5 Å². The van der Waals surface area contributed by atoms with Crippen LogP contribution in [-0.4, -0.2) is 38.7 Å². The molecule has 1 amide bonds. The molecular formula is C20H17ClN6O2S. The molecule has 0 spiro atoms. The summed E-state index contributed by atoms with van der Waals surface area (Å²) in [6.45, 7) is 2.53. The Morgan fingerprint density at radius 2 is 2.23 bits per heavy atom. The van der Waals surface area contributed by atoms with Crippen molar-refractivity contribution in [3.63, 3.8) is 0 Å². The van der Waals surface area contributed by atoms with Gasteiger partial charge in [0.05, 0.1) is 40.4 Å². The van der Waals surface area contributed by atoms with Crippen molar-refractivity contribution in [2.45, 2.75) is 13.0 Å². The molecule has 4 heterocycles. The number of anilines is 2. The number of hydrogen-bond acceptors (Lipinski definition) is 7. The molecule has 152 valence electrons. The van der Waals surface area contributed by atoms with Crippen LogP contribution in [-0.2, 0) is 0 Å². The van der Waals surface area contributed by atoms with E-state index < -0.39 is 0 Å².